The van der Waals surface area contributed by atoms with Crippen LogP contribution in [0.25, 0.3) is 5.52 Å². The highest BCUT2D eigenvalue weighted by Gasteiger charge is 2.18. The number of nitrogen functional groups attached to an aromatic ring is 1. The molecule has 23 heavy (non-hydrogen) atoms. The van der Waals surface area contributed by atoms with E-state index in [4.69, 9.17) is 15.2 Å². The molecule has 5 nitrogen and oxygen atoms in total. The lowest BCUT2D eigenvalue weighted by Gasteiger charge is -2.09. The van der Waals surface area contributed by atoms with E-state index in [2.05, 4.69) is 0 Å². The number of methoxy groups -OCH3 is 2. The van der Waals surface area contributed by atoms with Crippen LogP contribution in [0.2, 0.25) is 0 Å². The molecule has 0 bridgehead atoms. The van der Waals surface area contributed by atoms with E-state index < -0.39 is 0 Å². The summed E-state index contributed by atoms with van der Waals surface area (Å²) in [4.78, 5) is 13.0. The van der Waals surface area contributed by atoms with Crippen molar-refractivity contribution in [3.63, 3.8) is 0 Å². The standard InChI is InChI=1S/C18H18N2O3/c1-11-8-13-5-6-14(22-2)10-20(13)17(11)18(21)12-4-7-15(19)16(9-12)23-3/h4-10H,19H2,1-3H3. The number of ketones is 1. The first-order valence-electron chi connectivity index (χ1n) is 7.19. The molecule has 3 aromatic rings. The highest BCUT2D eigenvalue weighted by atomic mass is 16.5. The lowest BCUT2D eigenvalue weighted by molar-refractivity contribution is 0.103. The van der Waals surface area contributed by atoms with Gasteiger partial charge in [0.05, 0.1) is 31.8 Å². The first-order valence-corrected chi connectivity index (χ1v) is 7.19. The monoisotopic (exact) mass is 310 g/mol. The van der Waals surface area contributed by atoms with Gasteiger partial charge in [-0.2, -0.15) is 0 Å². The molecule has 2 aromatic heterocycles. The van der Waals surface area contributed by atoms with Gasteiger partial charge in [-0.3, -0.25) is 4.79 Å². The Morgan fingerprint density at radius 1 is 1.09 bits per heavy atom. The van der Waals surface area contributed by atoms with E-state index in [1.54, 1.807) is 25.3 Å². The molecule has 0 atom stereocenters. The topological polar surface area (TPSA) is 66.0 Å². The lowest BCUT2D eigenvalue weighted by Crippen LogP contribution is -2.08. The van der Waals surface area contributed by atoms with Crippen molar-refractivity contribution in [3.05, 3.63) is 59.4 Å². The van der Waals surface area contributed by atoms with Gasteiger partial charge in [-0.1, -0.05) is 0 Å². The molecule has 0 saturated heterocycles. The molecule has 0 aliphatic carbocycles. The number of nitrogens with two attached hydrogens (primary N) is 1. The first-order chi connectivity index (χ1) is 11.0. The highest BCUT2D eigenvalue weighted by Crippen LogP contribution is 2.26. The first kappa shape index (κ1) is 15.0. The molecule has 118 valence electrons. The largest absolute Gasteiger partial charge is 0.495 e. The van der Waals surface area contributed by atoms with Crippen LogP contribution in [0, 0.1) is 6.92 Å². The molecular weight excluding hydrogens is 292 g/mol. The van der Waals surface area contributed by atoms with Gasteiger partial charge in [-0.15, -0.1) is 0 Å². The number of aromatic nitrogens is 1. The summed E-state index contributed by atoms with van der Waals surface area (Å²) in [6.07, 6.45) is 1.81. The fourth-order valence-electron chi connectivity index (χ4n) is 2.68. The third-order valence-corrected chi connectivity index (χ3v) is 3.88. The number of rotatable bonds is 4. The molecule has 3 rings (SSSR count). The molecule has 0 fully saturated rings. The van der Waals surface area contributed by atoms with Crippen molar-refractivity contribution in [2.45, 2.75) is 6.92 Å². The molecule has 1 aromatic carbocycles. The summed E-state index contributed by atoms with van der Waals surface area (Å²) in [5.41, 5.74) is 9.29. The number of fused-ring (bicyclic) bond motifs is 1. The van der Waals surface area contributed by atoms with Crippen LogP contribution in [0.4, 0.5) is 5.69 Å². The summed E-state index contributed by atoms with van der Waals surface area (Å²) in [5.74, 6) is 1.10. The van der Waals surface area contributed by atoms with Crippen LogP contribution in [0.3, 0.4) is 0 Å². The number of anilines is 1. The van der Waals surface area contributed by atoms with Gasteiger partial charge in [0.2, 0.25) is 5.78 Å². The molecule has 0 saturated carbocycles. The van der Waals surface area contributed by atoms with E-state index >= 15 is 0 Å². The summed E-state index contributed by atoms with van der Waals surface area (Å²) in [6.45, 7) is 1.92. The maximum Gasteiger partial charge on any atom is 0.210 e. The fraction of sp³-hybridized carbons (Fsp3) is 0.167. The Labute approximate surface area is 134 Å². The van der Waals surface area contributed by atoms with Crippen LogP contribution in [0.5, 0.6) is 11.5 Å². The van der Waals surface area contributed by atoms with E-state index in [0.717, 1.165) is 11.1 Å². The van der Waals surface area contributed by atoms with Crippen LogP contribution in [0.1, 0.15) is 21.6 Å². The second-order valence-electron chi connectivity index (χ2n) is 5.33. The normalized spacial score (nSPS) is 10.7. The fourth-order valence-corrected chi connectivity index (χ4v) is 2.68. The van der Waals surface area contributed by atoms with Crippen LogP contribution < -0.4 is 15.2 Å². The number of ether oxygens (including phenoxy) is 2. The quantitative estimate of drug-likeness (QED) is 0.594. The van der Waals surface area contributed by atoms with E-state index in [-0.39, 0.29) is 5.78 Å². The second-order valence-corrected chi connectivity index (χ2v) is 5.33. The molecule has 0 amide bonds. The SMILES string of the molecule is COc1ccc2cc(C)c(C(=O)c3ccc(N)c(OC)c3)n2c1. The Hall–Kier alpha value is -2.95. The number of carbonyl (C=O) groups excluding carboxylic acids is 1. The molecule has 0 aliphatic heterocycles. The van der Waals surface area contributed by atoms with Crippen LogP contribution in [0.15, 0.2) is 42.6 Å². The number of nitrogens with zero attached hydrogens (tertiary/aromatic N) is 1. The van der Waals surface area contributed by atoms with Crippen molar-refractivity contribution in [2.75, 3.05) is 20.0 Å². The zero-order valence-corrected chi connectivity index (χ0v) is 13.3. The molecule has 0 unspecified atom stereocenters. The number of hydrogen-bond acceptors (Lipinski definition) is 4. The molecule has 2 heterocycles. The number of carbonyl (C=O) groups is 1. The van der Waals surface area contributed by atoms with Gasteiger partial charge in [0, 0.05) is 11.1 Å². The highest BCUT2D eigenvalue weighted by molar-refractivity contribution is 6.10. The van der Waals surface area contributed by atoms with Gasteiger partial charge in [0.25, 0.3) is 0 Å². The molecule has 0 aliphatic rings. The third-order valence-electron chi connectivity index (χ3n) is 3.88. The van der Waals surface area contributed by atoms with Crippen molar-refractivity contribution in [3.8, 4) is 11.5 Å². The number of benzene rings is 1. The van der Waals surface area contributed by atoms with Gasteiger partial charge in [0.15, 0.2) is 0 Å². The Morgan fingerprint density at radius 3 is 2.57 bits per heavy atom. The van der Waals surface area contributed by atoms with Crippen LogP contribution in [-0.2, 0) is 0 Å². The van der Waals surface area contributed by atoms with Crippen LogP contribution in [-0.4, -0.2) is 24.4 Å². The predicted molar refractivity (Wildman–Crippen MR) is 89.5 cm³/mol. The van der Waals surface area contributed by atoms with Crippen molar-refractivity contribution >= 4 is 17.0 Å². The summed E-state index contributed by atoms with van der Waals surface area (Å²) in [6, 6.07) is 10.8. The molecule has 0 spiro atoms. The maximum atomic E-state index is 13.0. The number of pyridine rings is 1. The zero-order chi connectivity index (χ0) is 16.6. The van der Waals surface area contributed by atoms with Crippen molar-refractivity contribution in [1.82, 2.24) is 4.40 Å². The maximum absolute atomic E-state index is 13.0. The molecule has 0 radical (unpaired) electrons. The van der Waals surface area contributed by atoms with E-state index in [1.165, 1.54) is 7.11 Å². The van der Waals surface area contributed by atoms with E-state index in [9.17, 15) is 4.79 Å². The van der Waals surface area contributed by atoms with Crippen LogP contribution >= 0.6 is 0 Å². The second kappa shape index (κ2) is 5.68. The zero-order valence-electron chi connectivity index (χ0n) is 13.3. The van der Waals surface area contributed by atoms with E-state index in [0.29, 0.717) is 28.4 Å². The lowest BCUT2D eigenvalue weighted by atomic mass is 10.0. The molecule has 5 heteroatoms. The van der Waals surface area contributed by atoms with E-state index in [1.807, 2.05) is 35.7 Å². The average molecular weight is 310 g/mol. The van der Waals surface area contributed by atoms with Gasteiger partial charge in [0.1, 0.15) is 11.5 Å². The predicted octanol–water partition coefficient (Wildman–Crippen LogP) is 3.08. The Kier molecular flexibility index (Phi) is 3.70. The minimum absolute atomic E-state index is 0.0888. The van der Waals surface area contributed by atoms with Gasteiger partial charge in [-0.05, 0) is 48.9 Å². The summed E-state index contributed by atoms with van der Waals surface area (Å²) in [7, 11) is 3.13. The Balaban J connectivity index is 2.15. The third kappa shape index (κ3) is 2.50. The average Bonchev–Trinajstić information content (AvgIpc) is 2.89. The van der Waals surface area contributed by atoms with Crippen molar-refractivity contribution < 1.29 is 14.3 Å². The smallest absolute Gasteiger partial charge is 0.210 e. The van der Waals surface area contributed by atoms with Gasteiger partial charge < -0.3 is 19.6 Å². The minimum Gasteiger partial charge on any atom is -0.495 e. The Bertz CT molecular complexity index is 897. The molecular formula is C18H18N2O3. The minimum atomic E-state index is -0.0888. The van der Waals surface area contributed by atoms with Gasteiger partial charge >= 0.3 is 0 Å². The Morgan fingerprint density at radius 2 is 1.87 bits per heavy atom. The summed E-state index contributed by atoms with van der Waals surface area (Å²) in [5, 5.41) is 0. The summed E-state index contributed by atoms with van der Waals surface area (Å²) < 4.78 is 12.3. The van der Waals surface area contributed by atoms with Crippen molar-refractivity contribution in [2.24, 2.45) is 0 Å². The number of hydrogen-bond donors (Lipinski definition) is 1. The summed E-state index contributed by atoms with van der Waals surface area (Å²) >= 11 is 0. The van der Waals surface area contributed by atoms with Gasteiger partial charge in [-0.25, -0.2) is 0 Å². The number of aryl methyl sites for hydroxylation is 1. The molecule has 2 N–H and O–H groups in total. The van der Waals surface area contributed by atoms with Crippen molar-refractivity contribution in [1.29, 1.82) is 0 Å².